The van der Waals surface area contributed by atoms with Gasteiger partial charge >= 0.3 is 0 Å². The summed E-state index contributed by atoms with van der Waals surface area (Å²) in [5.41, 5.74) is 1.84. The lowest BCUT2D eigenvalue weighted by Crippen LogP contribution is -1.96. The summed E-state index contributed by atoms with van der Waals surface area (Å²) >= 11 is 15.5. The molecule has 0 saturated carbocycles. The Morgan fingerprint density at radius 1 is 1.05 bits per heavy atom. The van der Waals surface area contributed by atoms with Crippen molar-refractivity contribution in [3.05, 3.63) is 57.0 Å². The number of hydrogen-bond acceptors (Lipinski definition) is 2. The molecule has 2 aromatic rings. The van der Waals surface area contributed by atoms with Crippen LogP contribution in [0.5, 0.6) is 11.5 Å². The van der Waals surface area contributed by atoms with Crippen molar-refractivity contribution in [1.82, 2.24) is 0 Å². The molecule has 0 radical (unpaired) electrons. The van der Waals surface area contributed by atoms with Crippen molar-refractivity contribution in [2.45, 2.75) is 11.8 Å². The molecule has 0 amide bonds. The van der Waals surface area contributed by atoms with Crippen molar-refractivity contribution in [3.63, 3.8) is 0 Å². The van der Waals surface area contributed by atoms with E-state index in [1.807, 2.05) is 12.1 Å². The van der Waals surface area contributed by atoms with Gasteiger partial charge in [0.15, 0.2) is 0 Å². The first kappa shape index (κ1) is 14.5. The normalized spacial score (nSPS) is 12.4. The second kappa shape index (κ2) is 6.04. The third-order valence-electron chi connectivity index (χ3n) is 2.76. The molecule has 1 atom stereocenters. The zero-order valence-corrected chi connectivity index (χ0v) is 12.9. The molecule has 19 heavy (non-hydrogen) atoms. The van der Waals surface area contributed by atoms with E-state index >= 15 is 0 Å². The number of benzene rings is 2. The molecule has 0 aliphatic rings. The number of phenolic OH excluding ortho intramolecular Hbond substituents is 2. The van der Waals surface area contributed by atoms with Gasteiger partial charge in [-0.15, -0.1) is 11.6 Å². The average molecular weight is 362 g/mol. The highest BCUT2D eigenvalue weighted by Crippen LogP contribution is 2.32. The predicted molar refractivity (Wildman–Crippen MR) is 81.2 cm³/mol. The Balaban J connectivity index is 2.17. The zero-order valence-electron chi connectivity index (χ0n) is 9.78. The van der Waals surface area contributed by atoms with Gasteiger partial charge in [0.25, 0.3) is 0 Å². The lowest BCUT2D eigenvalue weighted by molar-refractivity contribution is 0.471. The number of aromatic hydroxyl groups is 2. The molecule has 0 saturated heterocycles. The summed E-state index contributed by atoms with van der Waals surface area (Å²) < 4.78 is 0.637. The number of rotatable bonds is 3. The molecule has 2 rings (SSSR count). The fourth-order valence-corrected chi connectivity index (χ4v) is 2.65. The zero-order chi connectivity index (χ0) is 14.0. The molecule has 100 valence electrons. The lowest BCUT2D eigenvalue weighted by Gasteiger charge is -2.11. The molecular weight excluding hydrogens is 351 g/mol. The fourth-order valence-electron chi connectivity index (χ4n) is 1.72. The molecule has 0 spiro atoms. The predicted octanol–water partition coefficient (Wildman–Crippen LogP) is 5.04. The summed E-state index contributed by atoms with van der Waals surface area (Å²) in [5, 5.41) is 18.8. The molecule has 0 aliphatic carbocycles. The van der Waals surface area contributed by atoms with Gasteiger partial charge in [0, 0.05) is 0 Å². The SMILES string of the molecule is Oc1ccc(C(Cl)Cc2ccc(O)c(Br)c2)cc1Cl. The van der Waals surface area contributed by atoms with Gasteiger partial charge in [-0.05, 0) is 57.7 Å². The van der Waals surface area contributed by atoms with Gasteiger partial charge in [-0.1, -0.05) is 23.7 Å². The summed E-state index contributed by atoms with van der Waals surface area (Å²) in [6.07, 6.45) is 0.599. The minimum atomic E-state index is -0.255. The van der Waals surface area contributed by atoms with Crippen molar-refractivity contribution in [2.24, 2.45) is 0 Å². The Hall–Kier alpha value is -0.900. The highest BCUT2D eigenvalue weighted by Gasteiger charge is 2.12. The van der Waals surface area contributed by atoms with Crippen LogP contribution >= 0.6 is 39.1 Å². The van der Waals surface area contributed by atoms with E-state index in [9.17, 15) is 10.2 Å². The van der Waals surface area contributed by atoms with Crippen LogP contribution in [0.2, 0.25) is 5.02 Å². The van der Waals surface area contributed by atoms with E-state index in [1.54, 1.807) is 18.2 Å². The first-order valence-corrected chi connectivity index (χ1v) is 7.18. The molecular formula is C14H11BrCl2O2. The van der Waals surface area contributed by atoms with E-state index in [1.165, 1.54) is 6.07 Å². The number of phenols is 2. The van der Waals surface area contributed by atoms with Gasteiger partial charge in [-0.25, -0.2) is 0 Å². The highest BCUT2D eigenvalue weighted by atomic mass is 79.9. The van der Waals surface area contributed by atoms with Crippen LogP contribution in [0.25, 0.3) is 0 Å². The Morgan fingerprint density at radius 3 is 2.37 bits per heavy atom. The number of hydrogen-bond donors (Lipinski definition) is 2. The number of alkyl halides is 1. The molecule has 0 aromatic heterocycles. The molecule has 0 heterocycles. The second-order valence-electron chi connectivity index (χ2n) is 4.17. The minimum Gasteiger partial charge on any atom is -0.507 e. The van der Waals surface area contributed by atoms with Crippen molar-refractivity contribution >= 4 is 39.1 Å². The van der Waals surface area contributed by atoms with Gasteiger partial charge in [-0.3, -0.25) is 0 Å². The van der Waals surface area contributed by atoms with Crippen molar-refractivity contribution in [2.75, 3.05) is 0 Å². The monoisotopic (exact) mass is 360 g/mol. The Kier molecular flexibility index (Phi) is 4.61. The van der Waals surface area contributed by atoms with E-state index in [4.69, 9.17) is 23.2 Å². The maximum absolute atomic E-state index is 9.44. The molecule has 0 aliphatic heterocycles. The van der Waals surface area contributed by atoms with Crippen LogP contribution < -0.4 is 0 Å². The van der Waals surface area contributed by atoms with Crippen molar-refractivity contribution in [1.29, 1.82) is 0 Å². The topological polar surface area (TPSA) is 40.5 Å². The van der Waals surface area contributed by atoms with Crippen LogP contribution in [0.3, 0.4) is 0 Å². The molecule has 0 fully saturated rings. The van der Waals surface area contributed by atoms with Gasteiger partial charge in [0.2, 0.25) is 0 Å². The van der Waals surface area contributed by atoms with Crippen LogP contribution in [-0.4, -0.2) is 10.2 Å². The molecule has 2 N–H and O–H groups in total. The first-order chi connectivity index (χ1) is 8.97. The molecule has 5 heteroatoms. The van der Waals surface area contributed by atoms with E-state index in [2.05, 4.69) is 15.9 Å². The minimum absolute atomic E-state index is 0.0432. The standard InChI is InChI=1S/C14H11BrCl2O2/c15-10-5-8(1-3-13(10)18)6-11(16)9-2-4-14(19)12(17)7-9/h1-5,7,11,18-19H,6H2. The summed E-state index contributed by atoms with van der Waals surface area (Å²) in [4.78, 5) is 0. The largest absolute Gasteiger partial charge is 0.507 e. The Labute approximate surface area is 129 Å². The van der Waals surface area contributed by atoms with Gasteiger partial charge < -0.3 is 10.2 Å². The van der Waals surface area contributed by atoms with Gasteiger partial charge in [0.05, 0.1) is 14.9 Å². The smallest absolute Gasteiger partial charge is 0.134 e. The molecule has 2 aromatic carbocycles. The summed E-state index contributed by atoms with van der Waals surface area (Å²) in [6, 6.07) is 10.2. The summed E-state index contributed by atoms with van der Waals surface area (Å²) in [6.45, 7) is 0. The highest BCUT2D eigenvalue weighted by molar-refractivity contribution is 9.10. The van der Waals surface area contributed by atoms with E-state index in [0.717, 1.165) is 11.1 Å². The molecule has 1 unspecified atom stereocenters. The number of halogens is 3. The van der Waals surface area contributed by atoms with Crippen LogP contribution in [0.4, 0.5) is 0 Å². The van der Waals surface area contributed by atoms with Gasteiger partial charge in [0.1, 0.15) is 11.5 Å². The van der Waals surface area contributed by atoms with Crippen LogP contribution in [0.1, 0.15) is 16.5 Å². The second-order valence-corrected chi connectivity index (χ2v) is 5.96. The van der Waals surface area contributed by atoms with Crippen molar-refractivity contribution in [3.8, 4) is 11.5 Å². The average Bonchev–Trinajstić information content (AvgIpc) is 2.37. The summed E-state index contributed by atoms with van der Waals surface area (Å²) in [5.74, 6) is 0.240. The van der Waals surface area contributed by atoms with Gasteiger partial charge in [-0.2, -0.15) is 0 Å². The fraction of sp³-hybridized carbons (Fsp3) is 0.143. The third-order valence-corrected chi connectivity index (χ3v) is 4.10. The maximum Gasteiger partial charge on any atom is 0.134 e. The van der Waals surface area contributed by atoms with Crippen LogP contribution in [-0.2, 0) is 6.42 Å². The Bertz CT molecular complexity index is 602. The Morgan fingerprint density at radius 2 is 1.74 bits per heavy atom. The molecule has 0 bridgehead atoms. The summed E-state index contributed by atoms with van der Waals surface area (Å²) in [7, 11) is 0. The van der Waals surface area contributed by atoms with Crippen LogP contribution in [0.15, 0.2) is 40.9 Å². The van der Waals surface area contributed by atoms with Crippen LogP contribution in [0, 0.1) is 0 Å². The van der Waals surface area contributed by atoms with E-state index < -0.39 is 0 Å². The van der Waals surface area contributed by atoms with E-state index in [-0.39, 0.29) is 21.9 Å². The molecule has 2 nitrogen and oxygen atoms in total. The first-order valence-electron chi connectivity index (χ1n) is 5.57. The van der Waals surface area contributed by atoms with Crippen molar-refractivity contribution < 1.29 is 10.2 Å². The maximum atomic E-state index is 9.44. The quantitative estimate of drug-likeness (QED) is 0.752. The lowest BCUT2D eigenvalue weighted by atomic mass is 10.0. The van der Waals surface area contributed by atoms with E-state index in [0.29, 0.717) is 10.9 Å². The third kappa shape index (κ3) is 3.56.